The smallest absolute Gasteiger partial charge is 0.0990 e. The molecule has 0 fully saturated rings. The summed E-state index contributed by atoms with van der Waals surface area (Å²) in [7, 11) is 3.42. The molecule has 4 nitrogen and oxygen atoms in total. The Hall–Kier alpha value is -0.940. The highest BCUT2D eigenvalue weighted by Crippen LogP contribution is 2.26. The Balaban J connectivity index is 2.77. The van der Waals surface area contributed by atoms with Crippen molar-refractivity contribution in [1.29, 1.82) is 0 Å². The zero-order chi connectivity index (χ0) is 13.4. The third-order valence-electron chi connectivity index (χ3n) is 3.29. The van der Waals surface area contributed by atoms with Crippen molar-refractivity contribution in [3.8, 4) is 0 Å². The van der Waals surface area contributed by atoms with Crippen LogP contribution in [0, 0.1) is 5.92 Å². The van der Waals surface area contributed by atoms with Gasteiger partial charge in [-0.2, -0.15) is 0 Å². The van der Waals surface area contributed by atoms with Gasteiger partial charge in [0.15, 0.2) is 0 Å². The molecule has 0 saturated heterocycles. The van der Waals surface area contributed by atoms with Crippen LogP contribution in [0.3, 0.4) is 0 Å². The van der Waals surface area contributed by atoms with Gasteiger partial charge in [0.2, 0.25) is 0 Å². The van der Waals surface area contributed by atoms with E-state index in [2.05, 4.69) is 24.5 Å². The summed E-state index contributed by atoms with van der Waals surface area (Å²) < 4.78 is 10.7. The van der Waals surface area contributed by atoms with Crippen LogP contribution in [0.4, 0.5) is 0 Å². The van der Waals surface area contributed by atoms with Gasteiger partial charge in [-0.15, -0.1) is 0 Å². The van der Waals surface area contributed by atoms with Crippen LogP contribution in [0.1, 0.15) is 25.0 Å². The fraction of sp³-hybridized carbons (Fsp3) is 0.571. The van der Waals surface area contributed by atoms with Crippen molar-refractivity contribution >= 4 is 0 Å². The van der Waals surface area contributed by atoms with E-state index in [1.54, 1.807) is 14.2 Å². The highest BCUT2D eigenvalue weighted by molar-refractivity contribution is 5.19. The molecule has 0 aliphatic rings. The molecule has 0 aliphatic heterocycles. The van der Waals surface area contributed by atoms with Crippen LogP contribution in [-0.4, -0.2) is 26.9 Å². The summed E-state index contributed by atoms with van der Waals surface area (Å²) in [5.41, 5.74) is 4.01. The molecule has 0 heterocycles. The maximum absolute atomic E-state index is 5.69. The summed E-state index contributed by atoms with van der Waals surface area (Å²) in [6.45, 7) is 2.88. The van der Waals surface area contributed by atoms with E-state index < -0.39 is 0 Å². The Labute approximate surface area is 109 Å². The number of methoxy groups -OCH3 is 2. The standard InChI is InChI=1S/C14H24N2O2/c1-11(9-10-17-2)13(16-15)14(18-3)12-7-5-4-6-8-12/h4-8,11,13-14,16H,9-10,15H2,1-3H3. The molecule has 4 heteroatoms. The summed E-state index contributed by atoms with van der Waals surface area (Å²) >= 11 is 0. The van der Waals surface area contributed by atoms with Crippen molar-refractivity contribution in [3.05, 3.63) is 35.9 Å². The van der Waals surface area contributed by atoms with Gasteiger partial charge < -0.3 is 9.47 Å². The topological polar surface area (TPSA) is 56.5 Å². The second-order valence-corrected chi connectivity index (χ2v) is 4.52. The first-order valence-electron chi connectivity index (χ1n) is 6.27. The van der Waals surface area contributed by atoms with Gasteiger partial charge in [-0.1, -0.05) is 37.3 Å². The Morgan fingerprint density at radius 2 is 1.89 bits per heavy atom. The lowest BCUT2D eigenvalue weighted by Crippen LogP contribution is -2.45. The van der Waals surface area contributed by atoms with Crippen LogP contribution in [0.5, 0.6) is 0 Å². The van der Waals surface area contributed by atoms with Crippen LogP contribution in [0.2, 0.25) is 0 Å². The zero-order valence-electron chi connectivity index (χ0n) is 11.4. The molecule has 1 rings (SSSR count). The number of benzene rings is 1. The van der Waals surface area contributed by atoms with Gasteiger partial charge in [0.1, 0.15) is 0 Å². The Kier molecular flexibility index (Phi) is 6.90. The van der Waals surface area contributed by atoms with E-state index in [0.29, 0.717) is 5.92 Å². The Morgan fingerprint density at radius 1 is 1.22 bits per heavy atom. The normalized spacial score (nSPS) is 16.2. The molecule has 0 aliphatic carbocycles. The van der Waals surface area contributed by atoms with Crippen LogP contribution < -0.4 is 11.3 Å². The highest BCUT2D eigenvalue weighted by atomic mass is 16.5. The van der Waals surface area contributed by atoms with Crippen molar-refractivity contribution in [2.45, 2.75) is 25.5 Å². The maximum Gasteiger partial charge on any atom is 0.0990 e. The van der Waals surface area contributed by atoms with E-state index in [4.69, 9.17) is 15.3 Å². The number of hydrazine groups is 1. The first-order chi connectivity index (χ1) is 8.74. The number of hydrogen-bond donors (Lipinski definition) is 2. The molecule has 0 spiro atoms. The second kappa shape index (κ2) is 8.21. The molecule has 102 valence electrons. The molecule has 0 aromatic heterocycles. The van der Waals surface area contributed by atoms with Gasteiger partial charge >= 0.3 is 0 Å². The SMILES string of the molecule is COCCC(C)C(NN)C(OC)c1ccccc1. The molecule has 3 unspecified atom stereocenters. The molecule has 0 bridgehead atoms. The molecule has 1 aromatic rings. The molecule has 0 radical (unpaired) electrons. The minimum atomic E-state index is -0.0527. The summed E-state index contributed by atoms with van der Waals surface area (Å²) in [6, 6.07) is 10.2. The number of hydrogen-bond acceptors (Lipinski definition) is 4. The number of ether oxygens (including phenoxy) is 2. The molecule has 0 amide bonds. The summed E-state index contributed by atoms with van der Waals surface area (Å²) in [6.07, 6.45) is 0.890. The molecular formula is C14H24N2O2. The van der Waals surface area contributed by atoms with E-state index in [-0.39, 0.29) is 12.1 Å². The van der Waals surface area contributed by atoms with Crippen LogP contribution in [0.15, 0.2) is 30.3 Å². The van der Waals surface area contributed by atoms with Gasteiger partial charge in [-0.05, 0) is 17.9 Å². The van der Waals surface area contributed by atoms with Gasteiger partial charge in [0.25, 0.3) is 0 Å². The summed E-state index contributed by atoms with van der Waals surface area (Å²) in [5.74, 6) is 6.05. The van der Waals surface area contributed by atoms with E-state index in [1.165, 1.54) is 0 Å². The molecule has 18 heavy (non-hydrogen) atoms. The molecule has 1 aromatic carbocycles. The van der Waals surface area contributed by atoms with Gasteiger partial charge in [0, 0.05) is 20.8 Å². The highest BCUT2D eigenvalue weighted by Gasteiger charge is 2.26. The minimum Gasteiger partial charge on any atom is -0.385 e. The Bertz CT molecular complexity index is 319. The average Bonchev–Trinajstić information content (AvgIpc) is 2.42. The molecule has 3 N–H and O–H groups in total. The second-order valence-electron chi connectivity index (χ2n) is 4.52. The molecule has 0 saturated carbocycles. The van der Waals surface area contributed by atoms with Gasteiger partial charge in [-0.25, -0.2) is 0 Å². The van der Waals surface area contributed by atoms with E-state index in [0.717, 1.165) is 18.6 Å². The first kappa shape index (κ1) is 15.1. The summed E-state index contributed by atoms with van der Waals surface area (Å²) in [4.78, 5) is 0. The third kappa shape index (κ3) is 4.07. The summed E-state index contributed by atoms with van der Waals surface area (Å²) in [5, 5.41) is 0. The predicted octanol–water partition coefficient (Wildman–Crippen LogP) is 1.88. The minimum absolute atomic E-state index is 0.0527. The van der Waals surface area contributed by atoms with Gasteiger partial charge in [-0.3, -0.25) is 11.3 Å². The van der Waals surface area contributed by atoms with Crippen molar-refractivity contribution < 1.29 is 9.47 Å². The van der Waals surface area contributed by atoms with Crippen LogP contribution >= 0.6 is 0 Å². The quantitative estimate of drug-likeness (QED) is 0.548. The lowest BCUT2D eigenvalue weighted by Gasteiger charge is -2.30. The first-order valence-corrected chi connectivity index (χ1v) is 6.27. The number of nitrogens with one attached hydrogen (secondary N) is 1. The van der Waals surface area contributed by atoms with Crippen molar-refractivity contribution in [2.75, 3.05) is 20.8 Å². The fourth-order valence-electron chi connectivity index (χ4n) is 2.17. The van der Waals surface area contributed by atoms with Crippen LogP contribution in [0.25, 0.3) is 0 Å². The van der Waals surface area contributed by atoms with Crippen molar-refractivity contribution in [2.24, 2.45) is 11.8 Å². The van der Waals surface area contributed by atoms with Crippen LogP contribution in [-0.2, 0) is 9.47 Å². The lowest BCUT2D eigenvalue weighted by atomic mass is 9.90. The molecular weight excluding hydrogens is 228 g/mol. The maximum atomic E-state index is 5.69. The number of nitrogens with two attached hydrogens (primary N) is 1. The number of rotatable bonds is 8. The fourth-order valence-corrected chi connectivity index (χ4v) is 2.17. The van der Waals surface area contributed by atoms with Gasteiger partial charge in [0.05, 0.1) is 12.1 Å². The lowest BCUT2D eigenvalue weighted by molar-refractivity contribution is 0.0421. The zero-order valence-corrected chi connectivity index (χ0v) is 11.4. The van der Waals surface area contributed by atoms with E-state index >= 15 is 0 Å². The van der Waals surface area contributed by atoms with E-state index in [9.17, 15) is 0 Å². The van der Waals surface area contributed by atoms with Crippen molar-refractivity contribution in [3.63, 3.8) is 0 Å². The Morgan fingerprint density at radius 3 is 2.39 bits per heavy atom. The van der Waals surface area contributed by atoms with Crippen molar-refractivity contribution in [1.82, 2.24) is 5.43 Å². The largest absolute Gasteiger partial charge is 0.385 e. The average molecular weight is 252 g/mol. The predicted molar refractivity (Wildman–Crippen MR) is 73.0 cm³/mol. The monoisotopic (exact) mass is 252 g/mol. The third-order valence-corrected chi connectivity index (χ3v) is 3.29. The van der Waals surface area contributed by atoms with E-state index in [1.807, 2.05) is 18.2 Å². The molecule has 3 atom stereocenters.